The fourth-order valence-corrected chi connectivity index (χ4v) is 3.40. The van der Waals surface area contributed by atoms with Crippen molar-refractivity contribution in [1.82, 2.24) is 25.1 Å². The van der Waals surface area contributed by atoms with E-state index in [2.05, 4.69) is 37.8 Å². The van der Waals surface area contributed by atoms with Crippen molar-refractivity contribution in [3.05, 3.63) is 24.8 Å². The topological polar surface area (TPSA) is 153 Å². The predicted molar refractivity (Wildman–Crippen MR) is 99.7 cm³/mol. The fraction of sp³-hybridized carbons (Fsp3) is 0.529. The third-order valence-corrected chi connectivity index (χ3v) is 4.96. The number of nitrogens with zero attached hydrogens (tertiary/aromatic N) is 5. The van der Waals surface area contributed by atoms with Crippen molar-refractivity contribution in [3.63, 3.8) is 0 Å². The molecule has 3 heterocycles. The largest absolute Gasteiger partial charge is 0.387 e. The van der Waals surface area contributed by atoms with Gasteiger partial charge in [-0.2, -0.15) is 10.7 Å². The highest BCUT2D eigenvalue weighted by atomic mass is 16.7. The molecule has 4 rings (SSSR count). The van der Waals surface area contributed by atoms with E-state index in [4.69, 9.17) is 15.3 Å². The lowest BCUT2D eigenvalue weighted by atomic mass is 9.96. The standard InChI is InChI=1S/C17H23N7O4/c18-15-12-16(20-8-19-15)24(9-21-12)17-14(26)13(25)11(28-17)7-27-23-22-6-10-4-2-1-3-5-10/h1-2,6,8-11,13-14,17,23,25-26H,3-5,7H2,(H2,18,19,20)/t10?,11-,13-,14-,17-/m1/s1. The molecule has 0 bridgehead atoms. The first kappa shape index (κ1) is 18.7. The summed E-state index contributed by atoms with van der Waals surface area (Å²) in [5, 5.41) is 24.7. The lowest BCUT2D eigenvalue weighted by molar-refractivity contribution is -0.0856. The predicted octanol–water partition coefficient (Wildman–Crippen LogP) is -0.109. The van der Waals surface area contributed by atoms with Gasteiger partial charge in [-0.05, 0) is 25.2 Å². The molecule has 11 heteroatoms. The zero-order valence-corrected chi connectivity index (χ0v) is 15.1. The second kappa shape index (κ2) is 8.19. The van der Waals surface area contributed by atoms with Crippen molar-refractivity contribution in [2.75, 3.05) is 12.3 Å². The number of hydrogen-bond donors (Lipinski definition) is 4. The third-order valence-electron chi connectivity index (χ3n) is 4.96. The molecule has 0 radical (unpaired) electrons. The molecule has 1 aliphatic heterocycles. The summed E-state index contributed by atoms with van der Waals surface area (Å²) in [6.45, 7) is 0.000386. The van der Waals surface area contributed by atoms with Crippen LogP contribution in [0.15, 0.2) is 29.9 Å². The number of anilines is 1. The maximum Gasteiger partial charge on any atom is 0.167 e. The number of fused-ring (bicyclic) bond motifs is 1. The Balaban J connectivity index is 1.34. The minimum Gasteiger partial charge on any atom is -0.387 e. The van der Waals surface area contributed by atoms with Crippen LogP contribution in [0.3, 0.4) is 0 Å². The van der Waals surface area contributed by atoms with Crippen LogP contribution < -0.4 is 11.3 Å². The summed E-state index contributed by atoms with van der Waals surface area (Å²) in [7, 11) is 0. The molecule has 1 aliphatic carbocycles. The first-order chi connectivity index (χ1) is 13.6. The van der Waals surface area contributed by atoms with E-state index in [9.17, 15) is 10.2 Å². The number of allylic oxidation sites excluding steroid dienone is 2. The Morgan fingerprint density at radius 3 is 3.04 bits per heavy atom. The van der Waals surface area contributed by atoms with Crippen LogP contribution >= 0.6 is 0 Å². The Hall–Kier alpha value is -2.60. The maximum absolute atomic E-state index is 10.4. The van der Waals surface area contributed by atoms with E-state index in [1.807, 2.05) is 6.21 Å². The average molecular weight is 389 g/mol. The molecule has 0 aromatic carbocycles. The monoisotopic (exact) mass is 389 g/mol. The summed E-state index contributed by atoms with van der Waals surface area (Å²) < 4.78 is 7.29. The van der Waals surface area contributed by atoms with Crippen LogP contribution in [-0.2, 0) is 9.57 Å². The number of aromatic nitrogens is 4. The van der Waals surface area contributed by atoms with Crippen LogP contribution in [0.2, 0.25) is 0 Å². The molecule has 0 saturated carbocycles. The zero-order chi connectivity index (χ0) is 19.5. The lowest BCUT2D eigenvalue weighted by Crippen LogP contribution is -2.34. The average Bonchev–Trinajstić information content (AvgIpc) is 3.26. The summed E-state index contributed by atoms with van der Waals surface area (Å²) in [5.74, 6) is 0.622. The molecule has 5 atom stereocenters. The molecule has 1 fully saturated rings. The highest BCUT2D eigenvalue weighted by Crippen LogP contribution is 2.31. The van der Waals surface area contributed by atoms with Crippen molar-refractivity contribution in [3.8, 4) is 0 Å². The van der Waals surface area contributed by atoms with Crippen molar-refractivity contribution >= 4 is 23.2 Å². The van der Waals surface area contributed by atoms with Gasteiger partial charge in [0.2, 0.25) is 0 Å². The Kier molecular flexibility index (Phi) is 5.48. The maximum atomic E-state index is 10.4. The van der Waals surface area contributed by atoms with E-state index in [-0.39, 0.29) is 12.4 Å². The smallest absolute Gasteiger partial charge is 0.167 e. The van der Waals surface area contributed by atoms with E-state index < -0.39 is 24.5 Å². The molecule has 0 amide bonds. The van der Waals surface area contributed by atoms with E-state index >= 15 is 0 Å². The van der Waals surface area contributed by atoms with Crippen LogP contribution in [0, 0.1) is 5.92 Å². The molecule has 2 aromatic rings. The molecule has 2 aliphatic rings. The highest BCUT2D eigenvalue weighted by Gasteiger charge is 2.44. The Labute approximate surface area is 160 Å². The van der Waals surface area contributed by atoms with E-state index in [1.54, 1.807) is 0 Å². The van der Waals surface area contributed by atoms with Crippen molar-refractivity contribution in [2.45, 2.75) is 43.8 Å². The van der Waals surface area contributed by atoms with Crippen molar-refractivity contribution in [2.24, 2.45) is 11.0 Å². The first-order valence-electron chi connectivity index (χ1n) is 9.14. The Morgan fingerprint density at radius 1 is 1.32 bits per heavy atom. The van der Waals surface area contributed by atoms with Gasteiger partial charge in [0.15, 0.2) is 17.7 Å². The number of nitrogens with one attached hydrogen (secondary N) is 1. The van der Waals surface area contributed by atoms with E-state index in [1.165, 1.54) is 17.2 Å². The Morgan fingerprint density at radius 2 is 2.21 bits per heavy atom. The van der Waals surface area contributed by atoms with Crippen molar-refractivity contribution in [1.29, 1.82) is 0 Å². The number of imidazole rings is 1. The summed E-state index contributed by atoms with van der Waals surface area (Å²) in [6, 6.07) is 0. The number of nitrogen functional groups attached to an aromatic ring is 1. The lowest BCUT2D eigenvalue weighted by Gasteiger charge is -2.16. The highest BCUT2D eigenvalue weighted by molar-refractivity contribution is 5.81. The Bertz CT molecular complexity index is 870. The quantitative estimate of drug-likeness (QED) is 0.229. The molecule has 5 N–H and O–H groups in total. The second-order valence-electron chi connectivity index (χ2n) is 6.85. The third kappa shape index (κ3) is 3.69. The number of hydrogen-bond acceptors (Lipinski definition) is 10. The number of ether oxygens (including phenoxy) is 1. The van der Waals surface area contributed by atoms with E-state index in [0.717, 1.165) is 19.3 Å². The molecule has 1 unspecified atom stereocenters. The van der Waals surface area contributed by atoms with Gasteiger partial charge in [0.25, 0.3) is 0 Å². The molecular formula is C17H23N7O4. The molecule has 0 spiro atoms. The van der Waals surface area contributed by atoms with Crippen LogP contribution in [0.4, 0.5) is 5.82 Å². The van der Waals surface area contributed by atoms with Crippen LogP contribution in [-0.4, -0.2) is 60.9 Å². The van der Waals surface area contributed by atoms with Gasteiger partial charge in [-0.25, -0.2) is 15.0 Å². The normalized spacial score (nSPS) is 30.4. The summed E-state index contributed by atoms with van der Waals surface area (Å²) in [5.41, 5.74) is 9.09. The molecule has 1 saturated heterocycles. The number of rotatable bonds is 6. The summed E-state index contributed by atoms with van der Waals surface area (Å²) in [6.07, 6.45) is 8.01. The number of hydrazone groups is 1. The number of aliphatic hydroxyl groups is 2. The van der Waals surface area contributed by atoms with Gasteiger partial charge in [-0.15, -0.1) is 0 Å². The molecule has 11 nitrogen and oxygen atoms in total. The molecule has 28 heavy (non-hydrogen) atoms. The minimum atomic E-state index is -1.18. The second-order valence-corrected chi connectivity index (χ2v) is 6.85. The van der Waals surface area contributed by atoms with Gasteiger partial charge in [0.05, 0.1) is 6.33 Å². The fourth-order valence-electron chi connectivity index (χ4n) is 3.40. The van der Waals surface area contributed by atoms with Gasteiger partial charge in [0.1, 0.15) is 36.8 Å². The first-order valence-corrected chi connectivity index (χ1v) is 9.14. The van der Waals surface area contributed by atoms with Gasteiger partial charge in [-0.1, -0.05) is 12.2 Å². The summed E-state index contributed by atoms with van der Waals surface area (Å²) >= 11 is 0. The van der Waals surface area contributed by atoms with Crippen LogP contribution in [0.25, 0.3) is 11.2 Å². The van der Waals surface area contributed by atoms with Gasteiger partial charge in [0, 0.05) is 6.21 Å². The minimum absolute atomic E-state index is 0.000386. The van der Waals surface area contributed by atoms with Crippen molar-refractivity contribution < 1.29 is 19.8 Å². The summed E-state index contributed by atoms with van der Waals surface area (Å²) in [4.78, 5) is 17.4. The van der Waals surface area contributed by atoms with E-state index in [0.29, 0.717) is 17.1 Å². The number of aliphatic hydroxyl groups excluding tert-OH is 2. The molecule has 150 valence electrons. The number of nitrogens with two attached hydrogens (primary N) is 1. The SMILES string of the molecule is Nc1ncnc2c1ncn2[C@@H]1O[C@H](CONN=CC2CC=CCC2)[C@@H](O)[C@H]1O. The van der Waals surface area contributed by atoms with Gasteiger partial charge >= 0.3 is 0 Å². The zero-order valence-electron chi connectivity index (χ0n) is 15.1. The van der Waals surface area contributed by atoms with Gasteiger partial charge in [-0.3, -0.25) is 9.40 Å². The molecular weight excluding hydrogens is 366 g/mol. The van der Waals surface area contributed by atoms with Gasteiger partial charge < -0.3 is 20.7 Å². The van der Waals surface area contributed by atoms with Crippen LogP contribution in [0.5, 0.6) is 0 Å². The van der Waals surface area contributed by atoms with Crippen LogP contribution in [0.1, 0.15) is 25.5 Å². The molecule has 2 aromatic heterocycles.